The number of nitrogens with one attached hydrogen (secondary N) is 2. The fourth-order valence-electron chi connectivity index (χ4n) is 2.63. The highest BCUT2D eigenvalue weighted by Crippen LogP contribution is 2.29. The van der Waals surface area contributed by atoms with E-state index >= 15 is 0 Å². The van der Waals surface area contributed by atoms with Gasteiger partial charge in [0.25, 0.3) is 11.8 Å². The Labute approximate surface area is 169 Å². The minimum absolute atomic E-state index is 0.211. The Morgan fingerprint density at radius 3 is 2.52 bits per heavy atom. The van der Waals surface area contributed by atoms with Gasteiger partial charge >= 0.3 is 0 Å². The summed E-state index contributed by atoms with van der Waals surface area (Å²) in [5, 5.41) is 5.64. The summed E-state index contributed by atoms with van der Waals surface area (Å²) in [6.07, 6.45) is 3.33. The monoisotopic (exact) mass is 389 g/mol. The Balaban J connectivity index is 1.72. The minimum atomic E-state index is -0.348. The van der Waals surface area contributed by atoms with Crippen molar-refractivity contribution >= 4 is 17.5 Å². The largest absolute Gasteiger partial charge is 0.455 e. The molecule has 1 aromatic heterocycles. The van der Waals surface area contributed by atoms with Gasteiger partial charge in [-0.2, -0.15) is 0 Å². The van der Waals surface area contributed by atoms with E-state index in [-0.39, 0.29) is 17.5 Å². The number of ether oxygens (including phenoxy) is 1. The topological polar surface area (TPSA) is 80.3 Å². The van der Waals surface area contributed by atoms with Gasteiger partial charge in [0.05, 0.1) is 5.69 Å². The van der Waals surface area contributed by atoms with Gasteiger partial charge in [-0.3, -0.25) is 14.6 Å². The molecule has 1 heterocycles. The zero-order valence-electron chi connectivity index (χ0n) is 16.2. The molecular weight excluding hydrogens is 366 g/mol. The van der Waals surface area contributed by atoms with Crippen LogP contribution in [0, 0.1) is 0 Å². The molecule has 0 aliphatic heterocycles. The van der Waals surface area contributed by atoms with Crippen LogP contribution >= 0.6 is 0 Å². The number of carbonyl (C=O) groups is 2. The van der Waals surface area contributed by atoms with Gasteiger partial charge in [-0.15, -0.1) is 0 Å². The number of para-hydroxylation sites is 3. The van der Waals surface area contributed by atoms with Crippen LogP contribution in [0.5, 0.6) is 11.5 Å². The van der Waals surface area contributed by atoms with Gasteiger partial charge < -0.3 is 15.4 Å². The highest BCUT2D eigenvalue weighted by atomic mass is 16.5. The Morgan fingerprint density at radius 1 is 0.966 bits per heavy atom. The summed E-state index contributed by atoms with van der Waals surface area (Å²) in [4.78, 5) is 29.0. The van der Waals surface area contributed by atoms with Gasteiger partial charge in [-0.25, -0.2) is 0 Å². The number of amides is 2. The molecule has 0 atom stereocenters. The van der Waals surface area contributed by atoms with E-state index in [0.29, 0.717) is 29.3 Å². The number of aromatic nitrogens is 1. The lowest BCUT2D eigenvalue weighted by molar-refractivity contribution is 0.0948. The van der Waals surface area contributed by atoms with E-state index in [1.54, 1.807) is 18.2 Å². The van der Waals surface area contributed by atoms with Crippen molar-refractivity contribution < 1.29 is 14.3 Å². The van der Waals surface area contributed by atoms with Crippen molar-refractivity contribution in [2.24, 2.45) is 0 Å². The molecule has 6 nitrogen and oxygen atoms in total. The van der Waals surface area contributed by atoms with Gasteiger partial charge in [-0.05, 0) is 42.8 Å². The van der Waals surface area contributed by atoms with E-state index in [9.17, 15) is 9.59 Å². The van der Waals surface area contributed by atoms with Crippen LogP contribution < -0.4 is 15.4 Å². The first-order chi connectivity index (χ1) is 14.2. The van der Waals surface area contributed by atoms with Crippen LogP contribution in [0.3, 0.4) is 0 Å². The fourth-order valence-corrected chi connectivity index (χ4v) is 2.63. The third-order valence-electron chi connectivity index (χ3n) is 4.18. The summed E-state index contributed by atoms with van der Waals surface area (Å²) in [5.41, 5.74) is 1.09. The van der Waals surface area contributed by atoms with E-state index in [0.717, 1.165) is 12.8 Å². The average molecular weight is 389 g/mol. The summed E-state index contributed by atoms with van der Waals surface area (Å²) in [5.74, 6) is 0.558. The standard InChI is InChI=1S/C23H23N3O3/c1-2-3-14-25-23(28)20-16-17(13-15-24-20)22(27)26-19-11-7-8-12-21(19)29-18-9-5-4-6-10-18/h4-13,15-16H,2-3,14H2,1H3,(H,25,28)(H,26,27). The molecule has 3 rings (SSSR count). The first-order valence-electron chi connectivity index (χ1n) is 9.55. The van der Waals surface area contributed by atoms with Crippen LogP contribution in [-0.2, 0) is 0 Å². The van der Waals surface area contributed by atoms with Gasteiger partial charge in [0, 0.05) is 18.3 Å². The van der Waals surface area contributed by atoms with Crippen LogP contribution in [0.15, 0.2) is 72.9 Å². The van der Waals surface area contributed by atoms with Crippen LogP contribution in [0.1, 0.15) is 40.6 Å². The van der Waals surface area contributed by atoms with Crippen molar-refractivity contribution in [3.05, 3.63) is 84.2 Å². The molecule has 29 heavy (non-hydrogen) atoms. The number of hydrogen-bond acceptors (Lipinski definition) is 4. The maximum atomic E-state index is 12.7. The Kier molecular flexibility index (Phi) is 6.95. The number of rotatable bonds is 8. The molecule has 0 fully saturated rings. The predicted octanol–water partition coefficient (Wildman–Crippen LogP) is 4.66. The number of carbonyl (C=O) groups excluding carboxylic acids is 2. The third-order valence-corrected chi connectivity index (χ3v) is 4.18. The average Bonchev–Trinajstić information content (AvgIpc) is 2.76. The second-order valence-corrected chi connectivity index (χ2v) is 6.40. The van der Waals surface area contributed by atoms with Crippen molar-refractivity contribution in [2.45, 2.75) is 19.8 Å². The lowest BCUT2D eigenvalue weighted by Crippen LogP contribution is -2.25. The van der Waals surface area contributed by atoms with Crippen molar-refractivity contribution in [1.29, 1.82) is 0 Å². The zero-order chi connectivity index (χ0) is 20.5. The van der Waals surface area contributed by atoms with E-state index in [1.807, 2.05) is 42.5 Å². The quantitative estimate of drug-likeness (QED) is 0.549. The molecule has 0 spiro atoms. The molecule has 0 saturated heterocycles. The molecular formula is C23H23N3O3. The van der Waals surface area contributed by atoms with Gasteiger partial charge in [0.15, 0.2) is 5.75 Å². The van der Waals surface area contributed by atoms with E-state index in [4.69, 9.17) is 4.74 Å². The molecule has 2 N–H and O–H groups in total. The maximum absolute atomic E-state index is 12.7. The number of hydrogen-bond donors (Lipinski definition) is 2. The smallest absolute Gasteiger partial charge is 0.269 e. The summed E-state index contributed by atoms with van der Waals surface area (Å²) in [6, 6.07) is 19.6. The lowest BCUT2D eigenvalue weighted by Gasteiger charge is -2.12. The predicted molar refractivity (Wildman–Crippen MR) is 112 cm³/mol. The summed E-state index contributed by atoms with van der Waals surface area (Å²) >= 11 is 0. The summed E-state index contributed by atoms with van der Waals surface area (Å²) < 4.78 is 5.87. The van der Waals surface area contributed by atoms with Crippen LogP contribution in [-0.4, -0.2) is 23.3 Å². The van der Waals surface area contributed by atoms with Gasteiger partial charge in [0.1, 0.15) is 11.4 Å². The van der Waals surface area contributed by atoms with E-state index in [2.05, 4.69) is 22.5 Å². The second kappa shape index (κ2) is 10.0. The number of pyridine rings is 1. The SMILES string of the molecule is CCCCNC(=O)c1cc(C(=O)Nc2ccccc2Oc2ccccc2)ccn1. The van der Waals surface area contributed by atoms with Crippen molar-refractivity contribution in [3.63, 3.8) is 0 Å². The van der Waals surface area contributed by atoms with Gasteiger partial charge in [-0.1, -0.05) is 43.7 Å². The molecule has 0 aliphatic carbocycles. The molecule has 2 amide bonds. The Bertz CT molecular complexity index is 974. The molecule has 2 aromatic carbocycles. The maximum Gasteiger partial charge on any atom is 0.269 e. The van der Waals surface area contributed by atoms with Crippen molar-refractivity contribution in [1.82, 2.24) is 10.3 Å². The molecule has 0 radical (unpaired) electrons. The molecule has 6 heteroatoms. The molecule has 148 valence electrons. The van der Waals surface area contributed by atoms with Crippen molar-refractivity contribution in [3.8, 4) is 11.5 Å². The molecule has 0 saturated carbocycles. The van der Waals surface area contributed by atoms with E-state index < -0.39 is 0 Å². The Hall–Kier alpha value is -3.67. The van der Waals surface area contributed by atoms with Gasteiger partial charge in [0.2, 0.25) is 0 Å². The number of nitrogens with zero attached hydrogens (tertiary/aromatic N) is 1. The van der Waals surface area contributed by atoms with Crippen LogP contribution in [0.4, 0.5) is 5.69 Å². The molecule has 3 aromatic rings. The molecule has 0 aliphatic rings. The van der Waals surface area contributed by atoms with Crippen LogP contribution in [0.2, 0.25) is 0 Å². The first kappa shape index (κ1) is 20.1. The second-order valence-electron chi connectivity index (χ2n) is 6.40. The highest BCUT2D eigenvalue weighted by molar-refractivity contribution is 6.06. The number of unbranched alkanes of at least 4 members (excludes halogenated alkanes) is 1. The van der Waals surface area contributed by atoms with Crippen molar-refractivity contribution in [2.75, 3.05) is 11.9 Å². The van der Waals surface area contributed by atoms with Crippen LogP contribution in [0.25, 0.3) is 0 Å². The van der Waals surface area contributed by atoms with E-state index in [1.165, 1.54) is 12.3 Å². The third kappa shape index (κ3) is 5.65. The first-order valence-corrected chi connectivity index (χ1v) is 9.55. The number of anilines is 1. The molecule has 0 bridgehead atoms. The zero-order valence-corrected chi connectivity index (χ0v) is 16.2. The fraction of sp³-hybridized carbons (Fsp3) is 0.174. The number of benzene rings is 2. The minimum Gasteiger partial charge on any atom is -0.455 e. The Morgan fingerprint density at radius 2 is 1.72 bits per heavy atom. The molecule has 0 unspecified atom stereocenters. The summed E-state index contributed by atoms with van der Waals surface area (Å²) in [7, 11) is 0. The lowest BCUT2D eigenvalue weighted by atomic mass is 10.2. The normalized spacial score (nSPS) is 10.2. The summed E-state index contributed by atoms with van der Waals surface area (Å²) in [6.45, 7) is 2.63. The highest BCUT2D eigenvalue weighted by Gasteiger charge is 2.14.